The van der Waals surface area contributed by atoms with E-state index in [4.69, 9.17) is 0 Å². The molecule has 4 rings (SSSR count). The number of hydrogen-bond acceptors (Lipinski definition) is 0. The highest BCUT2D eigenvalue weighted by Crippen LogP contribution is 2.37. The molecule has 0 amide bonds. The van der Waals surface area contributed by atoms with Crippen LogP contribution in [-0.2, 0) is 0 Å². The molecule has 0 spiro atoms. The van der Waals surface area contributed by atoms with Gasteiger partial charge in [-0.05, 0) is 36.4 Å². The smallest absolute Gasteiger partial charge is 0.0721 e. The second kappa shape index (κ2) is 4.35. The molecule has 0 aliphatic heterocycles. The molecule has 4 nitrogen and oxygen atoms in total. The van der Waals surface area contributed by atoms with E-state index >= 15 is 0 Å². The lowest BCUT2D eigenvalue weighted by Crippen LogP contribution is -1.85. The minimum atomic E-state index is 1.08. The first-order chi connectivity index (χ1) is 9.93. The van der Waals surface area contributed by atoms with Crippen molar-refractivity contribution in [3.8, 4) is 33.9 Å². The van der Waals surface area contributed by atoms with Gasteiger partial charge in [0.1, 0.15) is 0 Å². The van der Waals surface area contributed by atoms with Crippen LogP contribution in [0.1, 0.15) is 0 Å². The van der Waals surface area contributed by atoms with Crippen LogP contribution in [0.25, 0.3) is 33.9 Å². The van der Waals surface area contributed by atoms with Crippen LogP contribution in [-0.4, -0.2) is 19.9 Å². The maximum Gasteiger partial charge on any atom is 0.0721 e. The Morgan fingerprint density at radius 1 is 0.600 bits per heavy atom. The van der Waals surface area contributed by atoms with Crippen molar-refractivity contribution in [3.63, 3.8) is 0 Å². The van der Waals surface area contributed by atoms with Gasteiger partial charge in [-0.25, -0.2) is 0 Å². The molecule has 20 heavy (non-hydrogen) atoms. The van der Waals surface area contributed by atoms with Gasteiger partial charge >= 0.3 is 0 Å². The lowest BCUT2D eigenvalue weighted by Gasteiger charge is -2.04. The standard InChI is InChI=1S/C16H14N4/c1-4-12(17-7-1)11-10-20-16(14-6-3-9-19-14)15(11)13-5-2-8-18-13/h1-10,17-20H. The molecule has 0 aromatic carbocycles. The monoisotopic (exact) mass is 262 g/mol. The van der Waals surface area contributed by atoms with Crippen molar-refractivity contribution >= 4 is 0 Å². The Labute approximate surface area is 115 Å². The third-order valence-corrected chi connectivity index (χ3v) is 3.50. The Hall–Kier alpha value is -2.88. The van der Waals surface area contributed by atoms with Gasteiger partial charge in [0.25, 0.3) is 0 Å². The Morgan fingerprint density at radius 2 is 1.20 bits per heavy atom. The lowest BCUT2D eigenvalue weighted by atomic mass is 10.0. The highest BCUT2D eigenvalue weighted by Gasteiger charge is 2.17. The Kier molecular flexibility index (Phi) is 2.39. The van der Waals surface area contributed by atoms with E-state index in [0.29, 0.717) is 0 Å². The number of rotatable bonds is 3. The Bertz CT molecular complexity index is 735. The summed E-state index contributed by atoms with van der Waals surface area (Å²) < 4.78 is 0. The first kappa shape index (κ1) is 11.0. The summed E-state index contributed by atoms with van der Waals surface area (Å²) in [6.45, 7) is 0. The minimum Gasteiger partial charge on any atom is -0.361 e. The van der Waals surface area contributed by atoms with Crippen LogP contribution < -0.4 is 0 Å². The van der Waals surface area contributed by atoms with Crippen LogP contribution in [0.3, 0.4) is 0 Å². The molecular formula is C16H14N4. The van der Waals surface area contributed by atoms with Crippen LogP contribution >= 0.6 is 0 Å². The number of hydrogen-bond donors (Lipinski definition) is 4. The van der Waals surface area contributed by atoms with Crippen molar-refractivity contribution in [1.82, 2.24) is 19.9 Å². The van der Waals surface area contributed by atoms with Gasteiger partial charge in [-0.1, -0.05) is 0 Å². The fraction of sp³-hybridized carbons (Fsp3) is 0. The molecule has 0 bridgehead atoms. The molecule has 0 aliphatic rings. The Balaban J connectivity index is 1.98. The van der Waals surface area contributed by atoms with Gasteiger partial charge in [0.2, 0.25) is 0 Å². The number of nitrogens with one attached hydrogen (secondary N) is 4. The summed E-state index contributed by atoms with van der Waals surface area (Å²) in [5.74, 6) is 0. The molecular weight excluding hydrogens is 248 g/mol. The zero-order valence-corrected chi connectivity index (χ0v) is 10.8. The quantitative estimate of drug-likeness (QED) is 0.431. The van der Waals surface area contributed by atoms with Crippen molar-refractivity contribution in [3.05, 3.63) is 61.2 Å². The van der Waals surface area contributed by atoms with Gasteiger partial charge in [0.05, 0.1) is 11.4 Å². The summed E-state index contributed by atoms with van der Waals surface area (Å²) in [4.78, 5) is 13.2. The van der Waals surface area contributed by atoms with Crippen LogP contribution in [0.2, 0.25) is 0 Å². The second-order valence-corrected chi connectivity index (χ2v) is 4.70. The van der Waals surface area contributed by atoms with Gasteiger partial charge in [-0.3, -0.25) is 0 Å². The van der Waals surface area contributed by atoms with E-state index in [0.717, 1.165) is 28.3 Å². The summed E-state index contributed by atoms with van der Waals surface area (Å²) in [7, 11) is 0. The third kappa shape index (κ3) is 1.62. The topological polar surface area (TPSA) is 63.2 Å². The summed E-state index contributed by atoms with van der Waals surface area (Å²) in [5, 5.41) is 0. The highest BCUT2D eigenvalue weighted by atomic mass is 14.8. The van der Waals surface area contributed by atoms with Gasteiger partial charge in [-0.15, -0.1) is 0 Å². The molecule has 0 aliphatic carbocycles. The first-order valence-corrected chi connectivity index (χ1v) is 6.56. The van der Waals surface area contributed by atoms with Crippen molar-refractivity contribution in [2.45, 2.75) is 0 Å². The van der Waals surface area contributed by atoms with E-state index in [1.165, 1.54) is 5.56 Å². The van der Waals surface area contributed by atoms with Gasteiger partial charge in [-0.2, -0.15) is 0 Å². The zero-order valence-electron chi connectivity index (χ0n) is 10.8. The molecule has 4 aromatic heterocycles. The van der Waals surface area contributed by atoms with Crippen molar-refractivity contribution in [1.29, 1.82) is 0 Å². The molecule has 0 saturated carbocycles. The van der Waals surface area contributed by atoms with Gasteiger partial charge in [0, 0.05) is 47.3 Å². The van der Waals surface area contributed by atoms with Crippen LogP contribution in [0.15, 0.2) is 61.2 Å². The fourth-order valence-electron chi connectivity index (χ4n) is 2.60. The summed E-state index contributed by atoms with van der Waals surface area (Å²) in [5.41, 5.74) is 6.68. The summed E-state index contributed by atoms with van der Waals surface area (Å²) in [6, 6.07) is 12.3. The molecule has 98 valence electrons. The predicted molar refractivity (Wildman–Crippen MR) is 80.2 cm³/mol. The average molecular weight is 262 g/mol. The van der Waals surface area contributed by atoms with Gasteiger partial charge < -0.3 is 19.9 Å². The van der Waals surface area contributed by atoms with E-state index in [9.17, 15) is 0 Å². The molecule has 0 radical (unpaired) electrons. The number of aromatic nitrogens is 4. The largest absolute Gasteiger partial charge is 0.361 e. The maximum atomic E-state index is 3.38. The predicted octanol–water partition coefficient (Wildman–Crippen LogP) is 4.00. The molecule has 4 aromatic rings. The molecule has 0 unspecified atom stereocenters. The van der Waals surface area contributed by atoms with E-state index in [-0.39, 0.29) is 0 Å². The Morgan fingerprint density at radius 3 is 1.80 bits per heavy atom. The van der Waals surface area contributed by atoms with Crippen molar-refractivity contribution in [2.24, 2.45) is 0 Å². The fourth-order valence-corrected chi connectivity index (χ4v) is 2.60. The normalized spacial score (nSPS) is 11.0. The minimum absolute atomic E-state index is 1.08. The molecule has 4 heterocycles. The van der Waals surface area contributed by atoms with E-state index < -0.39 is 0 Å². The third-order valence-electron chi connectivity index (χ3n) is 3.50. The molecule has 0 fully saturated rings. The summed E-state index contributed by atoms with van der Waals surface area (Å²) in [6.07, 6.45) is 7.86. The molecule has 4 N–H and O–H groups in total. The lowest BCUT2D eigenvalue weighted by molar-refractivity contribution is 1.32. The van der Waals surface area contributed by atoms with Crippen molar-refractivity contribution < 1.29 is 0 Å². The first-order valence-electron chi connectivity index (χ1n) is 6.56. The SMILES string of the molecule is c1c[nH]c(-c2c[nH]c(-c3ccc[nH]3)c2-c2ccc[nH]2)c1. The molecule has 0 saturated heterocycles. The van der Waals surface area contributed by atoms with Crippen molar-refractivity contribution in [2.75, 3.05) is 0 Å². The van der Waals surface area contributed by atoms with Crippen LogP contribution in [0.5, 0.6) is 0 Å². The van der Waals surface area contributed by atoms with Crippen LogP contribution in [0, 0.1) is 0 Å². The number of H-pyrrole nitrogens is 4. The number of aromatic amines is 4. The maximum absolute atomic E-state index is 3.38. The van der Waals surface area contributed by atoms with E-state index in [2.05, 4.69) is 38.1 Å². The average Bonchev–Trinajstić information content (AvgIpc) is 3.23. The second-order valence-electron chi connectivity index (χ2n) is 4.70. The van der Waals surface area contributed by atoms with E-state index in [1.54, 1.807) is 0 Å². The molecule has 4 heteroatoms. The summed E-state index contributed by atoms with van der Waals surface area (Å²) >= 11 is 0. The molecule has 0 atom stereocenters. The van der Waals surface area contributed by atoms with E-state index in [1.807, 2.05) is 43.0 Å². The van der Waals surface area contributed by atoms with Gasteiger partial charge in [0.15, 0.2) is 0 Å². The zero-order chi connectivity index (χ0) is 13.4. The van der Waals surface area contributed by atoms with Crippen LogP contribution in [0.4, 0.5) is 0 Å². The highest BCUT2D eigenvalue weighted by molar-refractivity contribution is 5.90.